The average Bonchev–Trinajstić information content (AvgIpc) is 3.07. The predicted octanol–water partition coefficient (Wildman–Crippen LogP) is 3.07. The fraction of sp³-hybridized carbons (Fsp3) is 0.350. The first kappa shape index (κ1) is 19.4. The molecule has 0 aromatic heterocycles. The molecule has 1 amide bonds. The molecule has 1 aliphatic heterocycles. The van der Waals surface area contributed by atoms with Crippen molar-refractivity contribution in [1.29, 1.82) is 0 Å². The number of nitrogens with two attached hydrogens (primary N) is 1. The summed E-state index contributed by atoms with van der Waals surface area (Å²) < 4.78 is 5.11. The summed E-state index contributed by atoms with van der Waals surface area (Å²) in [6.07, 6.45) is 0. The Morgan fingerprint density at radius 1 is 1.12 bits per heavy atom. The minimum absolute atomic E-state index is 0. The van der Waals surface area contributed by atoms with Crippen LogP contribution in [0.5, 0.6) is 0 Å². The second-order valence-corrected chi connectivity index (χ2v) is 6.35. The van der Waals surface area contributed by atoms with Crippen LogP contribution >= 0.6 is 12.4 Å². The predicted molar refractivity (Wildman–Crippen MR) is 102 cm³/mol. The zero-order valence-electron chi connectivity index (χ0n) is 14.4. The number of carbonyl (C=O) groups is 1. The van der Waals surface area contributed by atoms with Crippen LogP contribution in [0.4, 0.5) is 0 Å². The number of nitrogens with zero attached hydrogens (tertiary/aromatic N) is 1. The number of ether oxygens (including phenoxy) is 1. The Kier molecular flexibility index (Phi) is 7.00. The van der Waals surface area contributed by atoms with Crippen LogP contribution in [0.1, 0.15) is 27.4 Å². The third-order valence-corrected chi connectivity index (χ3v) is 4.77. The molecule has 5 heteroatoms. The van der Waals surface area contributed by atoms with Crippen molar-refractivity contribution in [3.05, 3.63) is 71.3 Å². The van der Waals surface area contributed by atoms with Gasteiger partial charge in [0.15, 0.2) is 0 Å². The zero-order chi connectivity index (χ0) is 16.9. The molecule has 0 saturated carbocycles. The van der Waals surface area contributed by atoms with E-state index in [9.17, 15) is 4.79 Å². The van der Waals surface area contributed by atoms with E-state index in [1.807, 2.05) is 47.4 Å². The maximum absolute atomic E-state index is 12.8. The van der Waals surface area contributed by atoms with Crippen LogP contribution in [0.15, 0.2) is 54.6 Å². The van der Waals surface area contributed by atoms with Crippen molar-refractivity contribution < 1.29 is 9.53 Å². The van der Waals surface area contributed by atoms with Crippen LogP contribution < -0.4 is 5.73 Å². The Balaban J connectivity index is 0.00000225. The van der Waals surface area contributed by atoms with Gasteiger partial charge in [0.2, 0.25) is 0 Å². The maximum Gasteiger partial charge on any atom is 0.253 e. The van der Waals surface area contributed by atoms with Gasteiger partial charge >= 0.3 is 0 Å². The van der Waals surface area contributed by atoms with Gasteiger partial charge in [-0.2, -0.15) is 0 Å². The van der Waals surface area contributed by atoms with Crippen LogP contribution in [-0.2, 0) is 11.3 Å². The summed E-state index contributed by atoms with van der Waals surface area (Å²) >= 11 is 0. The molecule has 2 N–H and O–H groups in total. The van der Waals surface area contributed by atoms with Crippen LogP contribution in [0, 0.1) is 5.92 Å². The Hall–Kier alpha value is -1.88. The summed E-state index contributed by atoms with van der Waals surface area (Å²) in [7, 11) is 1.67. The Morgan fingerprint density at radius 2 is 1.80 bits per heavy atom. The Bertz CT molecular complexity index is 676. The molecular formula is C20H25ClN2O2. The standard InChI is InChI=1S/C20H24N2O2.ClH/c1-24-14-15-7-9-17(10-8-15)20(23)22-12-18(11-21)19(13-22)16-5-3-2-4-6-16;/h2-10,18-19H,11-14,21H2,1H3;1H/t18-,19+;/m1./s1. The van der Waals surface area contributed by atoms with Gasteiger partial charge in [-0.1, -0.05) is 42.5 Å². The molecule has 2 atom stereocenters. The van der Waals surface area contributed by atoms with Gasteiger partial charge in [0.05, 0.1) is 6.61 Å². The van der Waals surface area contributed by atoms with E-state index in [2.05, 4.69) is 12.1 Å². The van der Waals surface area contributed by atoms with Crippen molar-refractivity contribution in [1.82, 2.24) is 4.90 Å². The van der Waals surface area contributed by atoms with Gasteiger partial charge in [0.1, 0.15) is 0 Å². The average molecular weight is 361 g/mol. The minimum atomic E-state index is 0. The molecule has 1 aliphatic rings. The molecule has 0 spiro atoms. The van der Waals surface area contributed by atoms with Gasteiger partial charge in [-0.05, 0) is 35.7 Å². The normalized spacial score (nSPS) is 19.5. The number of carbonyl (C=O) groups excluding carboxylic acids is 1. The van der Waals surface area contributed by atoms with Crippen LogP contribution in [0.2, 0.25) is 0 Å². The highest BCUT2D eigenvalue weighted by Gasteiger charge is 2.35. The van der Waals surface area contributed by atoms with Crippen LogP contribution in [0.3, 0.4) is 0 Å². The van der Waals surface area contributed by atoms with Crippen molar-refractivity contribution in [3.8, 4) is 0 Å². The second-order valence-electron chi connectivity index (χ2n) is 6.35. The summed E-state index contributed by atoms with van der Waals surface area (Å²) in [6, 6.07) is 18.0. The van der Waals surface area contributed by atoms with E-state index in [0.717, 1.165) is 17.7 Å². The number of benzene rings is 2. The maximum atomic E-state index is 12.8. The number of halogens is 1. The topological polar surface area (TPSA) is 55.6 Å². The van der Waals surface area contributed by atoms with E-state index in [-0.39, 0.29) is 18.3 Å². The molecule has 2 aromatic carbocycles. The lowest BCUT2D eigenvalue weighted by atomic mass is 9.89. The molecule has 1 heterocycles. The highest BCUT2D eigenvalue weighted by molar-refractivity contribution is 5.94. The lowest BCUT2D eigenvalue weighted by Gasteiger charge is -2.17. The highest BCUT2D eigenvalue weighted by atomic mass is 35.5. The molecule has 1 saturated heterocycles. The number of amides is 1. The first-order valence-electron chi connectivity index (χ1n) is 8.35. The fourth-order valence-corrected chi connectivity index (χ4v) is 3.45. The molecule has 134 valence electrons. The summed E-state index contributed by atoms with van der Waals surface area (Å²) in [6.45, 7) is 2.60. The van der Waals surface area contributed by atoms with E-state index in [1.165, 1.54) is 5.56 Å². The number of hydrogen-bond donors (Lipinski definition) is 1. The number of methoxy groups -OCH3 is 1. The summed E-state index contributed by atoms with van der Waals surface area (Å²) in [5.41, 5.74) is 9.02. The summed E-state index contributed by atoms with van der Waals surface area (Å²) in [4.78, 5) is 14.7. The molecule has 0 bridgehead atoms. The Labute approximate surface area is 155 Å². The molecule has 0 unspecified atom stereocenters. The van der Waals surface area contributed by atoms with Gasteiger partial charge in [0.25, 0.3) is 5.91 Å². The Morgan fingerprint density at radius 3 is 2.40 bits per heavy atom. The SMILES string of the molecule is COCc1ccc(C(=O)N2C[C@@H](CN)[C@H](c3ccccc3)C2)cc1.Cl. The van der Waals surface area contributed by atoms with E-state index < -0.39 is 0 Å². The van der Waals surface area contributed by atoms with Crippen LogP contribution in [0.25, 0.3) is 0 Å². The number of rotatable bonds is 5. The molecule has 4 nitrogen and oxygen atoms in total. The van der Waals surface area contributed by atoms with Crippen LogP contribution in [-0.4, -0.2) is 37.6 Å². The van der Waals surface area contributed by atoms with E-state index >= 15 is 0 Å². The van der Waals surface area contributed by atoms with Gasteiger partial charge in [-0.3, -0.25) is 4.79 Å². The van der Waals surface area contributed by atoms with Crippen molar-refractivity contribution in [2.45, 2.75) is 12.5 Å². The van der Waals surface area contributed by atoms with Crippen molar-refractivity contribution in [3.63, 3.8) is 0 Å². The largest absolute Gasteiger partial charge is 0.380 e. The zero-order valence-corrected chi connectivity index (χ0v) is 15.2. The quantitative estimate of drug-likeness (QED) is 0.891. The molecule has 2 aromatic rings. The van der Waals surface area contributed by atoms with E-state index in [0.29, 0.717) is 31.5 Å². The molecule has 0 radical (unpaired) electrons. The van der Waals surface area contributed by atoms with Crippen molar-refractivity contribution in [2.24, 2.45) is 11.7 Å². The molecule has 1 fully saturated rings. The second kappa shape index (κ2) is 8.99. The van der Waals surface area contributed by atoms with Gasteiger partial charge in [-0.25, -0.2) is 0 Å². The lowest BCUT2D eigenvalue weighted by Crippen LogP contribution is -2.29. The van der Waals surface area contributed by atoms with Crippen molar-refractivity contribution >= 4 is 18.3 Å². The van der Waals surface area contributed by atoms with Crippen molar-refractivity contribution in [2.75, 3.05) is 26.7 Å². The molecular weight excluding hydrogens is 336 g/mol. The van der Waals surface area contributed by atoms with E-state index in [4.69, 9.17) is 10.5 Å². The minimum Gasteiger partial charge on any atom is -0.380 e. The number of hydrogen-bond acceptors (Lipinski definition) is 3. The smallest absolute Gasteiger partial charge is 0.253 e. The fourth-order valence-electron chi connectivity index (χ4n) is 3.45. The van der Waals surface area contributed by atoms with Gasteiger partial charge < -0.3 is 15.4 Å². The van der Waals surface area contributed by atoms with E-state index in [1.54, 1.807) is 7.11 Å². The van der Waals surface area contributed by atoms with Gasteiger partial charge in [-0.15, -0.1) is 12.4 Å². The first-order chi connectivity index (χ1) is 11.7. The summed E-state index contributed by atoms with van der Waals surface area (Å²) in [5, 5.41) is 0. The third-order valence-electron chi connectivity index (χ3n) is 4.77. The molecule has 25 heavy (non-hydrogen) atoms. The third kappa shape index (κ3) is 4.40. The molecule has 0 aliphatic carbocycles. The lowest BCUT2D eigenvalue weighted by molar-refractivity contribution is 0.0786. The van der Waals surface area contributed by atoms with Gasteiger partial charge in [0, 0.05) is 31.7 Å². The first-order valence-corrected chi connectivity index (χ1v) is 8.35. The highest BCUT2D eigenvalue weighted by Crippen LogP contribution is 2.32. The monoisotopic (exact) mass is 360 g/mol. The number of likely N-dealkylation sites (tertiary alicyclic amines) is 1. The summed E-state index contributed by atoms with van der Waals surface area (Å²) in [5.74, 6) is 0.702. The molecule has 3 rings (SSSR count).